The van der Waals surface area contributed by atoms with Gasteiger partial charge in [0.15, 0.2) is 0 Å². The van der Waals surface area contributed by atoms with Gasteiger partial charge in [-0.15, -0.1) is 0 Å². The van der Waals surface area contributed by atoms with Crippen LogP contribution in [-0.2, 0) is 4.79 Å². The zero-order valence-corrected chi connectivity index (χ0v) is 43.7. The number of aliphatic hydroxyl groups is 2. The van der Waals surface area contributed by atoms with Gasteiger partial charge in [-0.3, -0.25) is 4.79 Å². The Labute approximate surface area is 411 Å². The standard InChI is InChI=1S/C62H109NO3/c1-3-5-7-9-11-13-15-17-18-19-20-21-22-23-24-25-26-27-28-29-30-31-32-33-34-35-36-37-38-39-40-41-42-43-44-46-48-50-52-54-56-58-62(66)63-60(59-64)61(65)57-55-53-51-49-47-45-16-14-12-10-8-6-4-2/h5,7,11-14,17-18,20-21,23-24,47,49,55,57,60-61,64-65H,3-4,6,8-10,15-16,19,22,25-46,48,50-54,56,58-59H2,1-2H3,(H,63,66)/b7-5-,13-11-,14-12+,18-17-,21-20-,24-23-,49-47+,57-55+. The van der Waals surface area contributed by atoms with Gasteiger partial charge in [-0.2, -0.15) is 0 Å². The summed E-state index contributed by atoms with van der Waals surface area (Å²) in [7, 11) is 0. The monoisotopic (exact) mass is 916 g/mol. The Morgan fingerprint density at radius 1 is 0.379 bits per heavy atom. The van der Waals surface area contributed by atoms with Gasteiger partial charge in [-0.1, -0.05) is 272 Å². The zero-order chi connectivity index (χ0) is 47.7. The van der Waals surface area contributed by atoms with E-state index in [0.717, 1.165) is 70.6 Å². The minimum atomic E-state index is -0.871. The molecule has 4 nitrogen and oxygen atoms in total. The largest absolute Gasteiger partial charge is 0.394 e. The number of hydrogen-bond donors (Lipinski definition) is 3. The summed E-state index contributed by atoms with van der Waals surface area (Å²) in [6.07, 6.45) is 84.5. The lowest BCUT2D eigenvalue weighted by molar-refractivity contribution is -0.123. The summed E-state index contributed by atoms with van der Waals surface area (Å²) in [6.45, 7) is 4.15. The number of carbonyl (C=O) groups is 1. The molecular formula is C62H109NO3. The molecule has 0 bridgehead atoms. The van der Waals surface area contributed by atoms with Gasteiger partial charge in [0, 0.05) is 6.42 Å². The van der Waals surface area contributed by atoms with E-state index in [1.807, 2.05) is 6.08 Å². The number of carbonyl (C=O) groups excluding carboxylic acids is 1. The maximum atomic E-state index is 12.4. The summed E-state index contributed by atoms with van der Waals surface area (Å²) in [6, 6.07) is -0.646. The van der Waals surface area contributed by atoms with Crippen LogP contribution < -0.4 is 5.32 Å². The molecule has 0 aromatic heterocycles. The van der Waals surface area contributed by atoms with E-state index in [2.05, 4.69) is 104 Å². The quantitative estimate of drug-likeness (QED) is 0.0421. The van der Waals surface area contributed by atoms with Gasteiger partial charge < -0.3 is 15.5 Å². The number of rotatable bonds is 51. The highest BCUT2D eigenvalue weighted by molar-refractivity contribution is 5.76. The van der Waals surface area contributed by atoms with Crippen LogP contribution >= 0.6 is 0 Å². The molecule has 0 saturated heterocycles. The Morgan fingerprint density at radius 2 is 0.682 bits per heavy atom. The second kappa shape index (κ2) is 56.6. The number of nitrogens with one attached hydrogen (secondary N) is 1. The molecule has 4 heteroatoms. The minimum absolute atomic E-state index is 0.0777. The first-order valence-corrected chi connectivity index (χ1v) is 28.5. The summed E-state index contributed by atoms with van der Waals surface area (Å²) in [5, 5.41) is 23.0. The number of aliphatic hydroxyl groups excluding tert-OH is 2. The van der Waals surface area contributed by atoms with Gasteiger partial charge in [-0.05, 0) is 89.9 Å². The average Bonchev–Trinajstić information content (AvgIpc) is 3.32. The van der Waals surface area contributed by atoms with E-state index in [1.165, 1.54) is 180 Å². The molecular weight excluding hydrogens is 807 g/mol. The van der Waals surface area contributed by atoms with Crippen LogP contribution in [-0.4, -0.2) is 34.9 Å². The zero-order valence-electron chi connectivity index (χ0n) is 43.7. The number of allylic oxidation sites excluding steroid dienone is 15. The molecule has 0 aliphatic heterocycles. The molecule has 0 radical (unpaired) electrons. The molecule has 0 saturated carbocycles. The lowest BCUT2D eigenvalue weighted by Gasteiger charge is -2.19. The van der Waals surface area contributed by atoms with Crippen molar-refractivity contribution in [3.8, 4) is 0 Å². The Hall–Kier alpha value is -2.69. The molecule has 3 N–H and O–H groups in total. The first-order chi connectivity index (χ1) is 32.7. The SMILES string of the molecule is CC/C=C\C/C=C\C/C=C\C/C=C\C/C=C\CCCCCCCCCCCCCCCCCCCCCCCCCCCC(=O)NC(CO)C(O)/C=C/CC/C=C/CC/C=C/CCCCC. The smallest absolute Gasteiger partial charge is 0.220 e. The molecule has 380 valence electrons. The van der Waals surface area contributed by atoms with Crippen LogP contribution in [0.3, 0.4) is 0 Å². The van der Waals surface area contributed by atoms with Gasteiger partial charge in [0.05, 0.1) is 18.8 Å². The van der Waals surface area contributed by atoms with E-state index in [-0.39, 0.29) is 12.5 Å². The highest BCUT2D eigenvalue weighted by Gasteiger charge is 2.18. The Morgan fingerprint density at radius 3 is 1.06 bits per heavy atom. The van der Waals surface area contributed by atoms with E-state index in [0.29, 0.717) is 6.42 Å². The third kappa shape index (κ3) is 52.3. The molecule has 2 unspecified atom stereocenters. The summed E-state index contributed by atoms with van der Waals surface area (Å²) >= 11 is 0. The van der Waals surface area contributed by atoms with Gasteiger partial charge in [0.25, 0.3) is 0 Å². The molecule has 0 aromatic carbocycles. The Bertz CT molecular complexity index is 1220. The van der Waals surface area contributed by atoms with E-state index in [1.54, 1.807) is 6.08 Å². The number of unbranched alkanes of at least 4 members (excludes halogenated alkanes) is 30. The van der Waals surface area contributed by atoms with Crippen molar-refractivity contribution in [2.24, 2.45) is 0 Å². The average molecular weight is 917 g/mol. The fraction of sp³-hybridized carbons (Fsp3) is 0.726. The third-order valence-corrected chi connectivity index (χ3v) is 12.5. The lowest BCUT2D eigenvalue weighted by Crippen LogP contribution is -2.45. The van der Waals surface area contributed by atoms with Gasteiger partial charge in [0.2, 0.25) is 5.91 Å². The van der Waals surface area contributed by atoms with Crippen molar-refractivity contribution in [2.75, 3.05) is 6.61 Å². The van der Waals surface area contributed by atoms with E-state index in [9.17, 15) is 15.0 Å². The van der Waals surface area contributed by atoms with Crippen LogP contribution in [0.4, 0.5) is 0 Å². The fourth-order valence-electron chi connectivity index (χ4n) is 8.24. The molecule has 2 atom stereocenters. The Kier molecular flexibility index (Phi) is 54.3. The van der Waals surface area contributed by atoms with E-state index in [4.69, 9.17) is 0 Å². The second-order valence-corrected chi connectivity index (χ2v) is 19.0. The van der Waals surface area contributed by atoms with Crippen molar-refractivity contribution in [2.45, 2.75) is 283 Å². The van der Waals surface area contributed by atoms with Crippen molar-refractivity contribution >= 4 is 5.91 Å². The Balaban J connectivity index is 3.43. The normalized spacial score (nSPS) is 13.6. The molecule has 0 fully saturated rings. The van der Waals surface area contributed by atoms with Crippen molar-refractivity contribution in [3.63, 3.8) is 0 Å². The maximum Gasteiger partial charge on any atom is 0.220 e. The molecule has 0 aliphatic rings. The van der Waals surface area contributed by atoms with Crippen molar-refractivity contribution in [3.05, 3.63) is 97.2 Å². The van der Waals surface area contributed by atoms with Crippen LogP contribution in [0.1, 0.15) is 271 Å². The van der Waals surface area contributed by atoms with Crippen LogP contribution in [0.25, 0.3) is 0 Å². The molecule has 0 aliphatic carbocycles. The first-order valence-electron chi connectivity index (χ1n) is 28.5. The van der Waals surface area contributed by atoms with Gasteiger partial charge in [0.1, 0.15) is 0 Å². The predicted octanol–water partition coefficient (Wildman–Crippen LogP) is 18.9. The number of hydrogen-bond acceptors (Lipinski definition) is 3. The number of amides is 1. The van der Waals surface area contributed by atoms with Crippen LogP contribution in [0.15, 0.2) is 97.2 Å². The van der Waals surface area contributed by atoms with E-state index >= 15 is 0 Å². The molecule has 0 heterocycles. The third-order valence-electron chi connectivity index (χ3n) is 12.5. The van der Waals surface area contributed by atoms with Crippen molar-refractivity contribution in [1.82, 2.24) is 5.32 Å². The van der Waals surface area contributed by atoms with Crippen molar-refractivity contribution < 1.29 is 15.0 Å². The maximum absolute atomic E-state index is 12.4. The van der Waals surface area contributed by atoms with Crippen molar-refractivity contribution in [1.29, 1.82) is 0 Å². The second-order valence-electron chi connectivity index (χ2n) is 19.0. The fourth-order valence-corrected chi connectivity index (χ4v) is 8.24. The van der Waals surface area contributed by atoms with Gasteiger partial charge in [-0.25, -0.2) is 0 Å². The topological polar surface area (TPSA) is 69.6 Å². The van der Waals surface area contributed by atoms with Gasteiger partial charge >= 0.3 is 0 Å². The highest BCUT2D eigenvalue weighted by atomic mass is 16.3. The molecule has 0 rings (SSSR count). The van der Waals surface area contributed by atoms with Crippen LogP contribution in [0, 0.1) is 0 Å². The first kappa shape index (κ1) is 63.3. The molecule has 0 spiro atoms. The van der Waals surface area contributed by atoms with Crippen LogP contribution in [0.5, 0.6) is 0 Å². The molecule has 0 aromatic rings. The minimum Gasteiger partial charge on any atom is -0.394 e. The summed E-state index contributed by atoms with van der Waals surface area (Å²) in [5.41, 5.74) is 0. The summed E-state index contributed by atoms with van der Waals surface area (Å²) in [5.74, 6) is -0.0777. The highest BCUT2D eigenvalue weighted by Crippen LogP contribution is 2.17. The molecule has 1 amide bonds. The summed E-state index contributed by atoms with van der Waals surface area (Å²) < 4.78 is 0. The summed E-state index contributed by atoms with van der Waals surface area (Å²) in [4.78, 5) is 12.4. The molecule has 66 heavy (non-hydrogen) atoms. The van der Waals surface area contributed by atoms with Crippen LogP contribution in [0.2, 0.25) is 0 Å². The predicted molar refractivity (Wildman–Crippen MR) is 294 cm³/mol. The lowest BCUT2D eigenvalue weighted by atomic mass is 10.0. The van der Waals surface area contributed by atoms with E-state index < -0.39 is 12.1 Å².